The summed E-state index contributed by atoms with van der Waals surface area (Å²) in [6, 6.07) is 13.4. The van der Waals surface area contributed by atoms with Gasteiger partial charge in [-0.2, -0.15) is 0 Å². The van der Waals surface area contributed by atoms with E-state index < -0.39 is 0 Å². The van der Waals surface area contributed by atoms with Crippen LogP contribution in [0.4, 0.5) is 0 Å². The molecule has 0 amide bonds. The fraction of sp³-hybridized carbons (Fsp3) is 0.167. The maximum absolute atomic E-state index is 2.37. The van der Waals surface area contributed by atoms with Gasteiger partial charge in [0.05, 0.1) is 0 Å². The summed E-state index contributed by atoms with van der Waals surface area (Å²) in [5.41, 5.74) is 0. The summed E-state index contributed by atoms with van der Waals surface area (Å²) in [5.74, 6) is 0. The molecule has 2 aromatic rings. The van der Waals surface area contributed by atoms with E-state index in [0.717, 1.165) is 0 Å². The van der Waals surface area contributed by atoms with Gasteiger partial charge >= 0.3 is 94.6 Å². The van der Waals surface area contributed by atoms with Gasteiger partial charge in [-0.25, -0.2) is 0 Å². The number of rotatable bonds is 1. The summed E-state index contributed by atoms with van der Waals surface area (Å²) in [4.78, 5) is 0. The Hall–Kier alpha value is 0.192. The van der Waals surface area contributed by atoms with Gasteiger partial charge in [-0.3, -0.25) is 0 Å². The first-order valence-corrected chi connectivity index (χ1v) is 8.83. The molecule has 0 aliphatic rings. The maximum atomic E-state index is 2.37. The quantitative estimate of drug-likeness (QED) is 0.546. The second-order valence-corrected chi connectivity index (χ2v) is 7.96. The average Bonchev–Trinajstić information content (AvgIpc) is 2.17. The Morgan fingerprint density at radius 1 is 1.00 bits per heavy atom. The minimum absolute atomic E-state index is 0. The molecule has 0 N–H and O–H groups in total. The molecule has 2 rings (SSSR count). The third-order valence-electron chi connectivity index (χ3n) is 2.53. The first-order chi connectivity index (χ1) is 6.70. The fourth-order valence-corrected chi connectivity index (χ4v) is 4.55. The molecular weight excluding hydrogens is 311 g/mol. The smallest absolute Gasteiger partial charge is 0 e. The van der Waals surface area contributed by atoms with Crippen molar-refractivity contribution >= 4 is 44.9 Å². The number of fused-ring (bicyclic) bond motifs is 1. The third-order valence-corrected chi connectivity index (χ3v) is 5.26. The average molecular weight is 326 g/mol. The fourth-order valence-electron chi connectivity index (χ4n) is 1.84. The van der Waals surface area contributed by atoms with E-state index in [1.165, 1.54) is 31.7 Å². The predicted octanol–water partition coefficient (Wildman–Crippen LogP) is 1.19. The van der Waals surface area contributed by atoms with Gasteiger partial charge in [-0.1, -0.05) is 0 Å². The Balaban J connectivity index is 0.00000112. The molecule has 3 heteroatoms. The normalized spacial score (nSPS) is 10.4. The molecule has 0 fully saturated rings. The van der Waals surface area contributed by atoms with E-state index in [-0.39, 0.29) is 25.0 Å². The first kappa shape index (κ1) is 13.3. The van der Waals surface area contributed by atoms with E-state index in [1.54, 1.807) is 5.30 Å². The summed E-state index contributed by atoms with van der Waals surface area (Å²) >= 11 is 1.25. The maximum Gasteiger partial charge on any atom is 0 e. The molecule has 0 bridgehead atoms. The van der Waals surface area contributed by atoms with Gasteiger partial charge in [-0.15, -0.1) is 0 Å². The van der Waals surface area contributed by atoms with E-state index in [4.69, 9.17) is 0 Å². The summed E-state index contributed by atoms with van der Waals surface area (Å²) in [7, 11) is -0.339. The summed E-state index contributed by atoms with van der Waals surface area (Å²) in [6.45, 7) is 4.73. The monoisotopic (exact) mass is 327 g/mol. The molecule has 0 aromatic heterocycles. The van der Waals surface area contributed by atoms with Crippen molar-refractivity contribution < 1.29 is 17.1 Å². The molecule has 0 saturated heterocycles. The summed E-state index contributed by atoms with van der Waals surface area (Å²) in [6.07, 6.45) is 0. The molecule has 0 aliphatic heterocycles. The van der Waals surface area contributed by atoms with Crippen LogP contribution in [0.1, 0.15) is 0 Å². The van der Waals surface area contributed by atoms with Crippen LogP contribution < -0.4 is 9.70 Å². The minimum atomic E-state index is -0.339. The van der Waals surface area contributed by atoms with Crippen molar-refractivity contribution in [3.05, 3.63) is 36.4 Å². The molecule has 2 aromatic carbocycles. The zero-order valence-electron chi connectivity index (χ0n) is 8.97. The largest absolute Gasteiger partial charge is 0 e. The summed E-state index contributed by atoms with van der Waals surface area (Å²) < 4.78 is 1.53. The number of hydrogen-bond acceptors (Lipinski definition) is 0. The minimum Gasteiger partial charge on any atom is 0 e. The van der Waals surface area contributed by atoms with Crippen LogP contribution in [0.2, 0.25) is 0 Å². The molecule has 0 atom stereocenters. The van der Waals surface area contributed by atoms with Gasteiger partial charge in [0.2, 0.25) is 0 Å². The Labute approximate surface area is 111 Å². The van der Waals surface area contributed by atoms with E-state index in [0.29, 0.717) is 0 Å². The molecule has 2 radical (unpaired) electrons. The van der Waals surface area contributed by atoms with Crippen molar-refractivity contribution in [1.82, 2.24) is 0 Å². The summed E-state index contributed by atoms with van der Waals surface area (Å²) in [5, 5.41) is 4.54. The van der Waals surface area contributed by atoms with E-state index in [2.05, 4.69) is 49.7 Å². The molecular formula is C12H15CuGeP+. The Bertz CT molecular complexity index is 463. The second-order valence-electron chi connectivity index (χ2n) is 3.82. The van der Waals surface area contributed by atoms with Crippen molar-refractivity contribution in [3.63, 3.8) is 0 Å². The Morgan fingerprint density at radius 3 is 2.20 bits per heavy atom. The predicted molar refractivity (Wildman–Crippen MR) is 71.9 cm³/mol. The molecule has 0 saturated carbocycles. The van der Waals surface area contributed by atoms with Gasteiger partial charge in [0.15, 0.2) is 0 Å². The third kappa shape index (κ3) is 2.65. The topological polar surface area (TPSA) is 0 Å². The van der Waals surface area contributed by atoms with Crippen LogP contribution >= 0.6 is 7.92 Å². The van der Waals surface area contributed by atoms with Gasteiger partial charge in [-0.05, 0) is 0 Å². The molecule has 0 heterocycles. The molecule has 0 aliphatic carbocycles. The van der Waals surface area contributed by atoms with Crippen LogP contribution in [-0.4, -0.2) is 29.8 Å². The second kappa shape index (κ2) is 5.50. The van der Waals surface area contributed by atoms with Gasteiger partial charge in [0, 0.05) is 17.1 Å². The number of hydrogen-bond donors (Lipinski definition) is 0. The first-order valence-electron chi connectivity index (χ1n) is 4.84. The molecule has 0 unspecified atom stereocenters. The molecule has 15 heavy (non-hydrogen) atoms. The van der Waals surface area contributed by atoms with Crippen molar-refractivity contribution in [2.45, 2.75) is 0 Å². The van der Waals surface area contributed by atoms with Crippen molar-refractivity contribution in [3.8, 4) is 0 Å². The zero-order chi connectivity index (χ0) is 10.1. The SMILES string of the molecule is C[PH+](C)c1cccc2ccc[c]([GeH2])c12.[Cu]. The molecule has 82 valence electrons. The van der Waals surface area contributed by atoms with Crippen LogP contribution in [0.5, 0.6) is 0 Å². The standard InChI is InChI=1S/C12H14GeP.Cu/c1-14(2)11-8-4-6-9-5-3-7-10(13)12(9)11;/h3-8H,13H2,1-2H3;/p+1. The number of benzene rings is 2. The van der Waals surface area contributed by atoms with Crippen molar-refractivity contribution in [2.75, 3.05) is 13.3 Å². The van der Waals surface area contributed by atoms with E-state index in [9.17, 15) is 0 Å². The van der Waals surface area contributed by atoms with E-state index >= 15 is 0 Å². The van der Waals surface area contributed by atoms with Crippen molar-refractivity contribution in [2.24, 2.45) is 0 Å². The van der Waals surface area contributed by atoms with Crippen LogP contribution in [0.25, 0.3) is 10.8 Å². The van der Waals surface area contributed by atoms with Crippen LogP contribution in [0, 0.1) is 0 Å². The van der Waals surface area contributed by atoms with Crippen LogP contribution in [-0.2, 0) is 17.1 Å². The Morgan fingerprint density at radius 2 is 1.60 bits per heavy atom. The van der Waals surface area contributed by atoms with Gasteiger partial charge < -0.3 is 0 Å². The molecule has 0 nitrogen and oxygen atoms in total. The molecule has 0 spiro atoms. The Kier molecular flexibility index (Phi) is 4.86. The van der Waals surface area contributed by atoms with E-state index in [1.807, 2.05) is 0 Å². The van der Waals surface area contributed by atoms with Crippen LogP contribution in [0.15, 0.2) is 36.4 Å². The zero-order valence-corrected chi connectivity index (χ0v) is 13.9. The van der Waals surface area contributed by atoms with Crippen LogP contribution in [0.3, 0.4) is 0 Å². The van der Waals surface area contributed by atoms with Gasteiger partial charge in [0.1, 0.15) is 0 Å². The van der Waals surface area contributed by atoms with Crippen molar-refractivity contribution in [1.29, 1.82) is 0 Å². The van der Waals surface area contributed by atoms with Gasteiger partial charge in [0.25, 0.3) is 0 Å².